The highest BCUT2D eigenvalue weighted by Gasteiger charge is 2.42. The zero-order valence-corrected chi connectivity index (χ0v) is 14.7. The first kappa shape index (κ1) is 18.2. The molecule has 2 heterocycles. The van der Waals surface area contributed by atoms with E-state index in [2.05, 4.69) is 6.58 Å². The third-order valence-corrected chi connectivity index (χ3v) is 4.71. The summed E-state index contributed by atoms with van der Waals surface area (Å²) in [4.78, 5) is 40.3. The average Bonchev–Trinajstić information content (AvgIpc) is 3.13. The van der Waals surface area contributed by atoms with Crippen molar-refractivity contribution < 1.29 is 14.4 Å². The van der Waals surface area contributed by atoms with Crippen molar-refractivity contribution in [2.75, 3.05) is 13.1 Å². The summed E-state index contributed by atoms with van der Waals surface area (Å²) < 4.78 is 0. The number of hydrogen-bond acceptors (Lipinski definition) is 3. The minimum atomic E-state index is -0.559. The van der Waals surface area contributed by atoms with E-state index in [1.54, 1.807) is 15.9 Å². The van der Waals surface area contributed by atoms with Crippen molar-refractivity contribution >= 4 is 18.1 Å². The van der Waals surface area contributed by atoms with Crippen molar-refractivity contribution in [1.29, 1.82) is 0 Å². The van der Waals surface area contributed by atoms with Crippen molar-refractivity contribution in [2.45, 2.75) is 45.7 Å². The van der Waals surface area contributed by atoms with Gasteiger partial charge in [-0.25, -0.2) is 0 Å². The van der Waals surface area contributed by atoms with E-state index >= 15 is 0 Å². The molecule has 0 bridgehead atoms. The van der Waals surface area contributed by atoms with Gasteiger partial charge in [-0.2, -0.15) is 0 Å². The summed E-state index contributed by atoms with van der Waals surface area (Å²) >= 11 is 0. The van der Waals surface area contributed by atoms with Gasteiger partial charge in [0.15, 0.2) is 0 Å². The minimum absolute atomic E-state index is 0.0367. The highest BCUT2D eigenvalue weighted by Crippen LogP contribution is 2.28. The second kappa shape index (κ2) is 7.60. The lowest BCUT2D eigenvalue weighted by molar-refractivity contribution is -0.146. The standard InChI is InChI=1S/C19H26N2O3/c1-5-8-14-11-21(18(23)16(14)6-2)17(13(3)4)19(24)20-10-7-9-15(20)12-22/h5-6,8,12-13,15,17H,2,7,9-11H2,1,3-4H3/b8-5-. The fraction of sp³-hybridized carbons (Fsp3) is 0.526. The number of carbonyl (C=O) groups is 3. The van der Waals surface area contributed by atoms with Gasteiger partial charge in [-0.1, -0.05) is 38.7 Å². The van der Waals surface area contributed by atoms with Gasteiger partial charge in [0.05, 0.1) is 6.04 Å². The number of hydrogen-bond donors (Lipinski definition) is 0. The molecule has 0 aromatic rings. The molecular formula is C19H26N2O3. The molecule has 2 amide bonds. The first-order valence-electron chi connectivity index (χ1n) is 8.51. The number of nitrogens with zero attached hydrogens (tertiary/aromatic N) is 2. The number of rotatable bonds is 6. The van der Waals surface area contributed by atoms with Gasteiger partial charge in [-0.15, -0.1) is 0 Å². The van der Waals surface area contributed by atoms with Crippen LogP contribution in [-0.2, 0) is 14.4 Å². The molecule has 2 atom stereocenters. The van der Waals surface area contributed by atoms with E-state index in [0.29, 0.717) is 25.1 Å². The fourth-order valence-electron chi connectivity index (χ4n) is 3.58. The third-order valence-electron chi connectivity index (χ3n) is 4.71. The maximum atomic E-state index is 13.1. The molecule has 5 heteroatoms. The van der Waals surface area contributed by atoms with Crippen LogP contribution in [0.1, 0.15) is 33.6 Å². The van der Waals surface area contributed by atoms with Gasteiger partial charge in [-0.05, 0) is 31.3 Å². The lowest BCUT2D eigenvalue weighted by atomic mass is 10.0. The lowest BCUT2D eigenvalue weighted by Crippen LogP contribution is -2.53. The molecule has 2 unspecified atom stereocenters. The number of allylic oxidation sites excluding steroid dienone is 1. The third kappa shape index (κ3) is 3.21. The Labute approximate surface area is 143 Å². The van der Waals surface area contributed by atoms with E-state index in [4.69, 9.17) is 0 Å². The van der Waals surface area contributed by atoms with Crippen LogP contribution in [0.3, 0.4) is 0 Å². The molecule has 2 aliphatic rings. The molecule has 0 aliphatic carbocycles. The monoisotopic (exact) mass is 330 g/mol. The minimum Gasteiger partial charge on any atom is -0.331 e. The van der Waals surface area contributed by atoms with Gasteiger partial charge in [0.25, 0.3) is 5.91 Å². The molecule has 0 spiro atoms. The largest absolute Gasteiger partial charge is 0.331 e. The Morgan fingerprint density at radius 1 is 1.38 bits per heavy atom. The summed E-state index contributed by atoms with van der Waals surface area (Å²) in [6, 6.07) is -0.922. The Bertz CT molecular complexity index is 604. The van der Waals surface area contributed by atoms with Gasteiger partial charge in [0, 0.05) is 18.7 Å². The lowest BCUT2D eigenvalue weighted by Gasteiger charge is -2.34. The fourth-order valence-corrected chi connectivity index (χ4v) is 3.58. The number of aldehydes is 1. The van der Waals surface area contributed by atoms with Gasteiger partial charge in [-0.3, -0.25) is 9.59 Å². The summed E-state index contributed by atoms with van der Waals surface area (Å²) in [5.41, 5.74) is 1.43. The Balaban J connectivity index is 2.29. The maximum Gasteiger partial charge on any atom is 0.255 e. The normalized spacial score (nSPS) is 22.8. The summed E-state index contributed by atoms with van der Waals surface area (Å²) in [5.74, 6) is -0.324. The molecule has 0 N–H and O–H groups in total. The van der Waals surface area contributed by atoms with E-state index in [-0.39, 0.29) is 23.8 Å². The van der Waals surface area contributed by atoms with Gasteiger partial charge < -0.3 is 14.6 Å². The second-order valence-corrected chi connectivity index (χ2v) is 6.64. The van der Waals surface area contributed by atoms with Crippen molar-refractivity contribution in [3.63, 3.8) is 0 Å². The molecule has 130 valence electrons. The second-order valence-electron chi connectivity index (χ2n) is 6.64. The maximum absolute atomic E-state index is 13.1. The summed E-state index contributed by atoms with van der Waals surface area (Å²) in [5, 5.41) is 0. The Morgan fingerprint density at radius 3 is 2.62 bits per heavy atom. The van der Waals surface area contributed by atoms with Gasteiger partial charge >= 0.3 is 0 Å². The van der Waals surface area contributed by atoms with Crippen LogP contribution >= 0.6 is 0 Å². The van der Waals surface area contributed by atoms with E-state index in [1.165, 1.54) is 0 Å². The highest BCUT2D eigenvalue weighted by atomic mass is 16.2. The van der Waals surface area contributed by atoms with Crippen LogP contribution in [0.4, 0.5) is 0 Å². The van der Waals surface area contributed by atoms with E-state index in [9.17, 15) is 14.4 Å². The molecular weight excluding hydrogens is 304 g/mol. The number of amides is 2. The summed E-state index contributed by atoms with van der Waals surface area (Å²) in [6.07, 6.45) is 7.70. The molecule has 0 aromatic carbocycles. The van der Waals surface area contributed by atoms with Crippen LogP contribution in [0, 0.1) is 5.92 Å². The molecule has 24 heavy (non-hydrogen) atoms. The Kier molecular flexibility index (Phi) is 5.75. The van der Waals surface area contributed by atoms with E-state index < -0.39 is 6.04 Å². The zero-order chi connectivity index (χ0) is 17.9. The van der Waals surface area contributed by atoms with Crippen molar-refractivity contribution in [3.8, 4) is 0 Å². The number of carbonyl (C=O) groups excluding carboxylic acids is 3. The van der Waals surface area contributed by atoms with Crippen LogP contribution in [0.15, 0.2) is 36.0 Å². The predicted molar refractivity (Wildman–Crippen MR) is 93.2 cm³/mol. The first-order valence-corrected chi connectivity index (χ1v) is 8.51. The van der Waals surface area contributed by atoms with Crippen LogP contribution in [0.5, 0.6) is 0 Å². The zero-order valence-electron chi connectivity index (χ0n) is 14.7. The Morgan fingerprint density at radius 2 is 2.08 bits per heavy atom. The quantitative estimate of drug-likeness (QED) is 0.701. The van der Waals surface area contributed by atoms with Gasteiger partial charge in [0.1, 0.15) is 12.3 Å². The highest BCUT2D eigenvalue weighted by molar-refractivity contribution is 6.03. The van der Waals surface area contributed by atoms with Gasteiger partial charge in [0.2, 0.25) is 5.91 Å². The molecule has 2 rings (SSSR count). The average molecular weight is 330 g/mol. The number of likely N-dealkylation sites (tertiary alicyclic amines) is 1. The smallest absolute Gasteiger partial charge is 0.255 e. The molecule has 1 fully saturated rings. The summed E-state index contributed by atoms with van der Waals surface area (Å²) in [7, 11) is 0. The van der Waals surface area contributed by atoms with Crippen molar-refractivity contribution in [1.82, 2.24) is 9.80 Å². The predicted octanol–water partition coefficient (Wildman–Crippen LogP) is 2.10. The molecule has 2 aliphatic heterocycles. The van der Waals surface area contributed by atoms with Crippen molar-refractivity contribution in [2.24, 2.45) is 5.92 Å². The van der Waals surface area contributed by atoms with E-state index in [0.717, 1.165) is 18.3 Å². The Hall–Kier alpha value is -2.17. The topological polar surface area (TPSA) is 57.7 Å². The van der Waals surface area contributed by atoms with Crippen LogP contribution < -0.4 is 0 Å². The SMILES string of the molecule is C=CC1=C(/C=C\C)CN(C(C(=O)N2CCCC2C=O)C(C)C)C1=O. The molecule has 1 saturated heterocycles. The first-order chi connectivity index (χ1) is 11.5. The van der Waals surface area contributed by atoms with Crippen LogP contribution in [0.2, 0.25) is 0 Å². The van der Waals surface area contributed by atoms with E-state index in [1.807, 2.05) is 32.9 Å². The molecule has 0 saturated carbocycles. The molecule has 0 aromatic heterocycles. The molecule has 5 nitrogen and oxygen atoms in total. The summed E-state index contributed by atoms with van der Waals surface area (Å²) in [6.45, 7) is 10.5. The van der Waals surface area contributed by atoms with Crippen LogP contribution in [0.25, 0.3) is 0 Å². The van der Waals surface area contributed by atoms with Crippen LogP contribution in [-0.4, -0.2) is 53.1 Å². The van der Waals surface area contributed by atoms with Crippen molar-refractivity contribution in [3.05, 3.63) is 36.0 Å². The molecule has 0 radical (unpaired) electrons.